The van der Waals surface area contributed by atoms with Gasteiger partial charge in [0.2, 0.25) is 0 Å². The lowest BCUT2D eigenvalue weighted by molar-refractivity contribution is 0.222. The third kappa shape index (κ3) is 2.41. The molecular weight excluding hydrogens is 284 g/mol. The van der Waals surface area contributed by atoms with E-state index in [0.717, 1.165) is 33.3 Å². The minimum Gasteiger partial charge on any atom is -0.384 e. The largest absolute Gasteiger partial charge is 0.384 e. The standard InChI is InChI=1S/C20H16N2O/c23-20(15-10-12-21-13-11-15)18-16-8-4-5-9-17(16)22-19(18)14-6-2-1-3-7-14/h1-13,20,22-23H/t20-/m1/s1. The van der Waals surface area contributed by atoms with Crippen molar-refractivity contribution in [3.8, 4) is 11.3 Å². The first kappa shape index (κ1) is 13.7. The van der Waals surface area contributed by atoms with Crippen molar-refractivity contribution in [2.24, 2.45) is 0 Å². The first-order chi connectivity index (χ1) is 11.3. The fourth-order valence-electron chi connectivity index (χ4n) is 2.99. The lowest BCUT2D eigenvalue weighted by atomic mass is 9.96. The number of H-pyrrole nitrogens is 1. The number of rotatable bonds is 3. The number of nitrogens with zero attached hydrogens (tertiary/aromatic N) is 1. The summed E-state index contributed by atoms with van der Waals surface area (Å²) in [6.07, 6.45) is 2.70. The highest BCUT2D eigenvalue weighted by molar-refractivity contribution is 5.91. The van der Waals surface area contributed by atoms with E-state index in [4.69, 9.17) is 0 Å². The zero-order valence-corrected chi connectivity index (χ0v) is 12.5. The summed E-state index contributed by atoms with van der Waals surface area (Å²) in [7, 11) is 0. The number of aromatic nitrogens is 2. The van der Waals surface area contributed by atoms with E-state index >= 15 is 0 Å². The number of nitrogens with one attached hydrogen (secondary N) is 1. The number of para-hydroxylation sites is 1. The number of pyridine rings is 1. The zero-order valence-electron chi connectivity index (χ0n) is 12.5. The van der Waals surface area contributed by atoms with E-state index in [1.54, 1.807) is 12.4 Å². The summed E-state index contributed by atoms with van der Waals surface area (Å²) < 4.78 is 0. The maximum atomic E-state index is 11.0. The smallest absolute Gasteiger partial charge is 0.107 e. The summed E-state index contributed by atoms with van der Waals surface area (Å²) in [5, 5.41) is 12.0. The Morgan fingerprint density at radius 2 is 1.52 bits per heavy atom. The fourth-order valence-corrected chi connectivity index (χ4v) is 2.99. The molecule has 0 bridgehead atoms. The SMILES string of the molecule is O[C@H](c1ccncc1)c1c(-c2ccccc2)[nH]c2ccccc12. The molecule has 23 heavy (non-hydrogen) atoms. The summed E-state index contributed by atoms with van der Waals surface area (Å²) in [4.78, 5) is 7.49. The summed E-state index contributed by atoms with van der Waals surface area (Å²) >= 11 is 0. The van der Waals surface area contributed by atoms with Crippen molar-refractivity contribution in [3.05, 3.63) is 90.3 Å². The second kappa shape index (κ2) is 5.71. The normalized spacial score (nSPS) is 12.4. The summed E-state index contributed by atoms with van der Waals surface area (Å²) in [6.45, 7) is 0. The fraction of sp³-hybridized carbons (Fsp3) is 0.0500. The van der Waals surface area contributed by atoms with Crippen molar-refractivity contribution in [1.29, 1.82) is 0 Å². The highest BCUT2D eigenvalue weighted by atomic mass is 16.3. The molecule has 0 aliphatic rings. The number of hydrogen-bond acceptors (Lipinski definition) is 2. The summed E-state index contributed by atoms with van der Waals surface area (Å²) in [6, 6.07) is 21.9. The van der Waals surface area contributed by atoms with Gasteiger partial charge in [-0.15, -0.1) is 0 Å². The van der Waals surface area contributed by atoms with Crippen LogP contribution in [0, 0.1) is 0 Å². The van der Waals surface area contributed by atoms with E-state index < -0.39 is 6.10 Å². The summed E-state index contributed by atoms with van der Waals surface area (Å²) in [5.41, 5.74) is 4.78. The van der Waals surface area contributed by atoms with Crippen molar-refractivity contribution in [1.82, 2.24) is 9.97 Å². The van der Waals surface area contributed by atoms with Gasteiger partial charge in [-0.05, 0) is 29.3 Å². The topological polar surface area (TPSA) is 48.9 Å². The molecule has 2 aromatic heterocycles. The third-order valence-corrected chi connectivity index (χ3v) is 4.10. The highest BCUT2D eigenvalue weighted by Crippen LogP contribution is 2.37. The molecule has 2 N–H and O–H groups in total. The van der Waals surface area contributed by atoms with Gasteiger partial charge in [0.15, 0.2) is 0 Å². The Morgan fingerprint density at radius 3 is 2.30 bits per heavy atom. The van der Waals surface area contributed by atoms with Crippen LogP contribution in [0.5, 0.6) is 0 Å². The zero-order chi connectivity index (χ0) is 15.6. The monoisotopic (exact) mass is 300 g/mol. The second-order valence-electron chi connectivity index (χ2n) is 5.51. The van der Waals surface area contributed by atoms with Crippen molar-refractivity contribution >= 4 is 10.9 Å². The number of benzene rings is 2. The molecule has 3 heteroatoms. The first-order valence-corrected chi connectivity index (χ1v) is 7.58. The molecule has 1 atom stereocenters. The van der Waals surface area contributed by atoms with Crippen LogP contribution in [-0.4, -0.2) is 15.1 Å². The van der Waals surface area contributed by atoms with E-state index in [9.17, 15) is 5.11 Å². The minimum absolute atomic E-state index is 0.704. The van der Waals surface area contributed by atoms with E-state index in [1.165, 1.54) is 0 Å². The predicted octanol–water partition coefficient (Wildman–Crippen LogP) is 4.31. The van der Waals surface area contributed by atoms with Gasteiger partial charge in [0.1, 0.15) is 6.10 Å². The van der Waals surface area contributed by atoms with E-state index in [-0.39, 0.29) is 0 Å². The van der Waals surface area contributed by atoms with Crippen LogP contribution in [-0.2, 0) is 0 Å². The van der Waals surface area contributed by atoms with Gasteiger partial charge in [0.25, 0.3) is 0 Å². The molecule has 3 nitrogen and oxygen atoms in total. The maximum Gasteiger partial charge on any atom is 0.107 e. The predicted molar refractivity (Wildman–Crippen MR) is 92.0 cm³/mol. The van der Waals surface area contributed by atoms with E-state index in [2.05, 4.69) is 9.97 Å². The minimum atomic E-state index is -0.704. The van der Waals surface area contributed by atoms with Crippen LogP contribution in [0.25, 0.3) is 22.2 Å². The van der Waals surface area contributed by atoms with E-state index in [1.807, 2.05) is 66.7 Å². The molecule has 0 unspecified atom stereocenters. The van der Waals surface area contributed by atoms with Crippen molar-refractivity contribution in [2.75, 3.05) is 0 Å². The van der Waals surface area contributed by atoms with Gasteiger partial charge >= 0.3 is 0 Å². The quantitative estimate of drug-likeness (QED) is 0.592. The van der Waals surface area contributed by atoms with Crippen LogP contribution in [0.3, 0.4) is 0 Å². The summed E-state index contributed by atoms with van der Waals surface area (Å²) in [5.74, 6) is 0. The third-order valence-electron chi connectivity index (χ3n) is 4.10. The molecular formula is C20H16N2O. The average Bonchev–Trinajstić information content (AvgIpc) is 3.02. The van der Waals surface area contributed by atoms with Gasteiger partial charge in [-0.3, -0.25) is 4.98 Å². The van der Waals surface area contributed by atoms with Gasteiger partial charge in [0, 0.05) is 28.9 Å². The van der Waals surface area contributed by atoms with Crippen molar-refractivity contribution < 1.29 is 5.11 Å². The molecule has 0 aliphatic heterocycles. The molecule has 4 rings (SSSR count). The number of aliphatic hydroxyl groups is 1. The Morgan fingerprint density at radius 1 is 0.826 bits per heavy atom. The molecule has 4 aromatic rings. The lowest BCUT2D eigenvalue weighted by Gasteiger charge is -2.13. The van der Waals surface area contributed by atoms with Gasteiger partial charge in [-0.1, -0.05) is 48.5 Å². The molecule has 0 aliphatic carbocycles. The van der Waals surface area contributed by atoms with Gasteiger partial charge in [-0.25, -0.2) is 0 Å². The van der Waals surface area contributed by atoms with Crippen LogP contribution < -0.4 is 0 Å². The lowest BCUT2D eigenvalue weighted by Crippen LogP contribution is -2.01. The van der Waals surface area contributed by atoms with Crippen molar-refractivity contribution in [3.63, 3.8) is 0 Å². The molecule has 0 fully saturated rings. The average molecular weight is 300 g/mol. The Hall–Kier alpha value is -2.91. The number of aliphatic hydroxyl groups excluding tert-OH is 1. The molecule has 0 saturated carbocycles. The van der Waals surface area contributed by atoms with Crippen molar-refractivity contribution in [2.45, 2.75) is 6.10 Å². The van der Waals surface area contributed by atoms with Crippen LogP contribution in [0.15, 0.2) is 79.1 Å². The number of hydrogen-bond donors (Lipinski definition) is 2. The Kier molecular flexibility index (Phi) is 3.41. The van der Waals surface area contributed by atoms with Crippen LogP contribution >= 0.6 is 0 Å². The molecule has 0 spiro atoms. The van der Waals surface area contributed by atoms with Crippen LogP contribution in [0.4, 0.5) is 0 Å². The van der Waals surface area contributed by atoms with Gasteiger partial charge in [0.05, 0.1) is 5.69 Å². The molecule has 0 radical (unpaired) electrons. The molecule has 0 saturated heterocycles. The van der Waals surface area contributed by atoms with Crippen LogP contribution in [0.1, 0.15) is 17.2 Å². The van der Waals surface area contributed by atoms with Crippen LogP contribution in [0.2, 0.25) is 0 Å². The Labute approximate surface area is 134 Å². The van der Waals surface area contributed by atoms with Gasteiger partial charge < -0.3 is 10.1 Å². The van der Waals surface area contributed by atoms with E-state index in [0.29, 0.717) is 0 Å². The van der Waals surface area contributed by atoms with Gasteiger partial charge in [-0.2, -0.15) is 0 Å². The molecule has 2 aromatic carbocycles. The number of fused-ring (bicyclic) bond motifs is 1. The Balaban J connectivity index is 1.97. The second-order valence-corrected chi connectivity index (χ2v) is 5.51. The highest BCUT2D eigenvalue weighted by Gasteiger charge is 2.21. The molecule has 112 valence electrons. The maximum absolute atomic E-state index is 11.0. The molecule has 0 amide bonds. The molecule has 2 heterocycles. The number of aromatic amines is 1. The Bertz CT molecular complexity index is 930. The first-order valence-electron chi connectivity index (χ1n) is 7.58.